The van der Waals surface area contributed by atoms with E-state index in [1.807, 2.05) is 52.0 Å². The average molecular weight is 536 g/mol. The third-order valence-corrected chi connectivity index (χ3v) is 7.57. The number of halogens is 1. The summed E-state index contributed by atoms with van der Waals surface area (Å²) in [7, 11) is -3.55. The summed E-state index contributed by atoms with van der Waals surface area (Å²) in [5.74, 6) is -0.363. The smallest absolute Gasteiger partial charge is 0.243 e. The summed E-state index contributed by atoms with van der Waals surface area (Å²) in [6.07, 6.45) is 2.82. The Bertz CT molecular complexity index is 1100. The van der Waals surface area contributed by atoms with Crippen molar-refractivity contribution in [2.45, 2.75) is 72.0 Å². The number of sulfonamides is 1. The Hall–Kier alpha value is -2.58. The molecule has 0 fully saturated rings. The van der Waals surface area contributed by atoms with Gasteiger partial charge in [0.05, 0.1) is 11.9 Å². The lowest BCUT2D eigenvalue weighted by Gasteiger charge is -2.32. The number of rotatable bonds is 13. The van der Waals surface area contributed by atoms with Crippen molar-refractivity contribution >= 4 is 39.1 Å². The van der Waals surface area contributed by atoms with Crippen LogP contribution in [0.4, 0.5) is 5.69 Å². The van der Waals surface area contributed by atoms with E-state index in [1.165, 1.54) is 4.31 Å². The lowest BCUT2D eigenvalue weighted by atomic mass is 10.1. The van der Waals surface area contributed by atoms with Gasteiger partial charge < -0.3 is 10.2 Å². The fraction of sp³-hybridized carbons (Fsp3) is 0.481. The van der Waals surface area contributed by atoms with Crippen LogP contribution in [0, 0.1) is 6.92 Å². The van der Waals surface area contributed by atoms with Crippen molar-refractivity contribution in [2.24, 2.45) is 0 Å². The molecule has 0 aliphatic heterocycles. The third-order valence-electron chi connectivity index (χ3n) is 6.13. The Balaban J connectivity index is 2.21. The number of hydrogen-bond acceptors (Lipinski definition) is 4. The number of hydrogen-bond donors (Lipinski definition) is 1. The highest BCUT2D eigenvalue weighted by atomic mass is 35.5. The van der Waals surface area contributed by atoms with E-state index >= 15 is 0 Å². The zero-order chi connectivity index (χ0) is 26.9. The first-order valence-corrected chi connectivity index (χ1v) is 14.6. The molecular weight excluding hydrogens is 498 g/mol. The van der Waals surface area contributed by atoms with Crippen LogP contribution in [0.3, 0.4) is 0 Å². The van der Waals surface area contributed by atoms with Gasteiger partial charge in [-0.25, -0.2) is 8.42 Å². The standard InChI is InChI=1S/C27H38ClN3O4S/c1-6-21(4)29-27(33)25(7-2)30(19-22-12-10-20(3)11-13-22)26(32)9-8-18-31(36(5,34)35)24-16-14-23(28)15-17-24/h10-17,21,25H,6-9,18-19H2,1-5H3,(H,29,33)/t21-,25-/m1/s1. The summed E-state index contributed by atoms with van der Waals surface area (Å²) in [5, 5.41) is 3.51. The van der Waals surface area contributed by atoms with Crippen LogP contribution < -0.4 is 9.62 Å². The lowest BCUT2D eigenvalue weighted by molar-refractivity contribution is -0.141. The second kappa shape index (κ2) is 13.7. The SMILES string of the molecule is CC[C@@H](C)NC(=O)[C@@H](CC)N(Cc1ccc(C)cc1)C(=O)CCCN(c1ccc(Cl)cc1)S(C)(=O)=O. The lowest BCUT2D eigenvalue weighted by Crippen LogP contribution is -2.50. The van der Waals surface area contributed by atoms with Gasteiger partial charge >= 0.3 is 0 Å². The van der Waals surface area contributed by atoms with Crippen LogP contribution in [0.1, 0.15) is 57.6 Å². The first-order chi connectivity index (χ1) is 17.0. The van der Waals surface area contributed by atoms with Crippen molar-refractivity contribution in [1.29, 1.82) is 0 Å². The summed E-state index contributed by atoms with van der Waals surface area (Å²) in [6.45, 7) is 8.26. The minimum Gasteiger partial charge on any atom is -0.352 e. The number of anilines is 1. The highest BCUT2D eigenvalue weighted by Gasteiger charge is 2.29. The summed E-state index contributed by atoms with van der Waals surface area (Å²) < 4.78 is 26.1. The van der Waals surface area contributed by atoms with Crippen molar-refractivity contribution in [3.05, 3.63) is 64.7 Å². The number of amides is 2. The maximum absolute atomic E-state index is 13.4. The number of benzene rings is 2. The molecule has 0 spiro atoms. The van der Waals surface area contributed by atoms with Crippen LogP contribution >= 0.6 is 11.6 Å². The molecule has 0 saturated heterocycles. The van der Waals surface area contributed by atoms with Crippen LogP contribution in [0.2, 0.25) is 5.02 Å². The molecule has 0 aliphatic rings. The second-order valence-electron chi connectivity index (χ2n) is 9.16. The largest absolute Gasteiger partial charge is 0.352 e. The Kier molecular flexibility index (Phi) is 11.2. The highest BCUT2D eigenvalue weighted by molar-refractivity contribution is 7.92. The Morgan fingerprint density at radius 2 is 1.61 bits per heavy atom. The van der Waals surface area contributed by atoms with Gasteiger partial charge in [-0.2, -0.15) is 0 Å². The van der Waals surface area contributed by atoms with Crippen molar-refractivity contribution in [2.75, 3.05) is 17.1 Å². The van der Waals surface area contributed by atoms with E-state index in [9.17, 15) is 18.0 Å². The number of carbonyl (C=O) groups is 2. The second-order valence-corrected chi connectivity index (χ2v) is 11.5. The van der Waals surface area contributed by atoms with Gasteiger partial charge in [-0.05, 0) is 62.9 Å². The van der Waals surface area contributed by atoms with Gasteiger partial charge in [-0.3, -0.25) is 13.9 Å². The fourth-order valence-electron chi connectivity index (χ4n) is 3.86. The summed E-state index contributed by atoms with van der Waals surface area (Å²) in [6, 6.07) is 13.8. The molecule has 0 radical (unpaired) electrons. The summed E-state index contributed by atoms with van der Waals surface area (Å²) in [5.41, 5.74) is 2.54. The molecule has 0 aromatic heterocycles. The zero-order valence-corrected chi connectivity index (χ0v) is 23.4. The van der Waals surface area contributed by atoms with Gasteiger partial charge in [-0.1, -0.05) is 55.3 Å². The van der Waals surface area contributed by atoms with Gasteiger partial charge in [0.1, 0.15) is 6.04 Å². The monoisotopic (exact) mass is 535 g/mol. The highest BCUT2D eigenvalue weighted by Crippen LogP contribution is 2.22. The third kappa shape index (κ3) is 8.82. The molecule has 2 amide bonds. The van der Waals surface area contributed by atoms with E-state index in [2.05, 4.69) is 5.32 Å². The van der Waals surface area contributed by atoms with E-state index in [0.29, 0.717) is 30.1 Å². The van der Waals surface area contributed by atoms with E-state index in [4.69, 9.17) is 11.6 Å². The predicted octanol–water partition coefficient (Wildman–Crippen LogP) is 4.92. The van der Waals surface area contributed by atoms with Crippen LogP contribution in [0.25, 0.3) is 0 Å². The van der Waals surface area contributed by atoms with Crippen LogP contribution in [-0.2, 0) is 26.2 Å². The first-order valence-electron chi connectivity index (χ1n) is 12.3. The Labute approximate surface area is 220 Å². The molecule has 0 bridgehead atoms. The molecule has 0 saturated carbocycles. The van der Waals surface area contributed by atoms with Gasteiger partial charge in [-0.15, -0.1) is 0 Å². The minimum atomic E-state index is -3.55. The molecular formula is C27H38ClN3O4S. The van der Waals surface area contributed by atoms with Crippen molar-refractivity contribution < 1.29 is 18.0 Å². The maximum atomic E-state index is 13.4. The quantitative estimate of drug-likeness (QED) is 0.394. The maximum Gasteiger partial charge on any atom is 0.243 e. The average Bonchev–Trinajstić information content (AvgIpc) is 2.82. The zero-order valence-electron chi connectivity index (χ0n) is 21.8. The Morgan fingerprint density at radius 3 is 2.14 bits per heavy atom. The molecule has 2 atom stereocenters. The summed E-state index contributed by atoms with van der Waals surface area (Å²) in [4.78, 5) is 28.1. The normalized spacial score (nSPS) is 13.1. The number of carbonyl (C=O) groups excluding carboxylic acids is 2. The molecule has 2 aromatic carbocycles. The summed E-state index contributed by atoms with van der Waals surface area (Å²) >= 11 is 5.95. The molecule has 7 nitrogen and oxygen atoms in total. The van der Waals surface area contributed by atoms with Gasteiger partial charge in [0.2, 0.25) is 21.8 Å². The predicted molar refractivity (Wildman–Crippen MR) is 147 cm³/mol. The van der Waals surface area contributed by atoms with Gasteiger partial charge in [0.15, 0.2) is 0 Å². The van der Waals surface area contributed by atoms with E-state index < -0.39 is 16.1 Å². The molecule has 9 heteroatoms. The van der Waals surface area contributed by atoms with E-state index in [1.54, 1.807) is 29.2 Å². The van der Waals surface area contributed by atoms with Crippen molar-refractivity contribution in [3.63, 3.8) is 0 Å². The van der Waals surface area contributed by atoms with Crippen molar-refractivity contribution in [1.82, 2.24) is 10.2 Å². The van der Waals surface area contributed by atoms with Gasteiger partial charge in [0.25, 0.3) is 0 Å². The molecule has 0 unspecified atom stereocenters. The van der Waals surface area contributed by atoms with E-state index in [-0.39, 0.29) is 30.8 Å². The molecule has 2 aromatic rings. The number of nitrogens with one attached hydrogen (secondary N) is 1. The molecule has 36 heavy (non-hydrogen) atoms. The van der Waals surface area contributed by atoms with Crippen molar-refractivity contribution in [3.8, 4) is 0 Å². The van der Waals surface area contributed by atoms with Crippen LogP contribution in [0.5, 0.6) is 0 Å². The van der Waals surface area contributed by atoms with E-state index in [0.717, 1.165) is 23.8 Å². The molecule has 0 aliphatic carbocycles. The molecule has 1 N–H and O–H groups in total. The molecule has 0 heterocycles. The number of nitrogens with zero attached hydrogens (tertiary/aromatic N) is 2. The van der Waals surface area contributed by atoms with Crippen LogP contribution in [-0.4, -0.2) is 50.0 Å². The Morgan fingerprint density at radius 1 is 1.00 bits per heavy atom. The van der Waals surface area contributed by atoms with Crippen LogP contribution in [0.15, 0.2) is 48.5 Å². The van der Waals surface area contributed by atoms with Gasteiger partial charge in [0, 0.05) is 30.6 Å². The number of aryl methyl sites for hydroxylation is 1. The molecule has 198 valence electrons. The first kappa shape index (κ1) is 29.6. The minimum absolute atomic E-state index is 0.00516. The molecule has 2 rings (SSSR count). The fourth-order valence-corrected chi connectivity index (χ4v) is 4.95. The topological polar surface area (TPSA) is 86.8 Å².